The van der Waals surface area contributed by atoms with Gasteiger partial charge in [0.2, 0.25) is 0 Å². The van der Waals surface area contributed by atoms with Crippen LogP contribution in [-0.2, 0) is 6.61 Å². The third-order valence-corrected chi connectivity index (χ3v) is 3.45. The van der Waals surface area contributed by atoms with Crippen molar-refractivity contribution in [3.63, 3.8) is 0 Å². The standard InChI is InChI=1S/C17H19N5O2/c1-4-13-9-10-19-16(20-17(23)22(3)21-18)14(13)11-24-15-8-6-5-7-12(15)2/h4-10,18H,1,11H2,2-3H3,(H,19,20,23). The van der Waals surface area contributed by atoms with Gasteiger partial charge in [0, 0.05) is 18.8 Å². The van der Waals surface area contributed by atoms with Gasteiger partial charge in [-0.05, 0) is 30.2 Å². The molecule has 1 heterocycles. The number of carbonyl (C=O) groups excluding carboxylic acids is 1. The van der Waals surface area contributed by atoms with Gasteiger partial charge in [-0.25, -0.2) is 9.78 Å². The van der Waals surface area contributed by atoms with Crippen molar-refractivity contribution in [1.29, 1.82) is 5.53 Å². The van der Waals surface area contributed by atoms with Crippen molar-refractivity contribution in [1.82, 2.24) is 9.99 Å². The molecule has 0 unspecified atom stereocenters. The number of carbonyl (C=O) groups is 1. The van der Waals surface area contributed by atoms with Crippen LogP contribution in [0.25, 0.3) is 6.08 Å². The first-order chi connectivity index (χ1) is 11.6. The minimum Gasteiger partial charge on any atom is -0.488 e. The zero-order valence-electron chi connectivity index (χ0n) is 13.6. The number of urea groups is 1. The lowest BCUT2D eigenvalue weighted by Crippen LogP contribution is -2.27. The maximum atomic E-state index is 11.9. The molecule has 0 fully saturated rings. The van der Waals surface area contributed by atoms with Crippen LogP contribution in [-0.4, -0.2) is 23.1 Å². The Bertz CT molecular complexity index is 760. The zero-order chi connectivity index (χ0) is 17.5. The molecule has 0 aliphatic carbocycles. The molecule has 0 bridgehead atoms. The number of hydrogen-bond acceptors (Lipinski definition) is 5. The van der Waals surface area contributed by atoms with E-state index >= 15 is 0 Å². The monoisotopic (exact) mass is 325 g/mol. The Morgan fingerprint density at radius 1 is 1.46 bits per heavy atom. The molecule has 0 atom stereocenters. The average molecular weight is 325 g/mol. The van der Waals surface area contributed by atoms with E-state index in [9.17, 15) is 4.79 Å². The number of rotatable bonds is 6. The topological polar surface area (TPSA) is 90.7 Å². The van der Waals surface area contributed by atoms with E-state index in [0.29, 0.717) is 11.4 Å². The number of anilines is 1. The normalized spacial score (nSPS) is 9.92. The number of nitrogens with one attached hydrogen (secondary N) is 2. The molecule has 7 nitrogen and oxygen atoms in total. The van der Waals surface area contributed by atoms with Crippen LogP contribution < -0.4 is 10.1 Å². The number of amides is 2. The lowest BCUT2D eigenvalue weighted by molar-refractivity contribution is 0.219. The number of nitrogens with zero attached hydrogens (tertiary/aromatic N) is 3. The summed E-state index contributed by atoms with van der Waals surface area (Å²) in [6.07, 6.45) is 3.24. The van der Waals surface area contributed by atoms with Crippen molar-refractivity contribution >= 4 is 17.9 Å². The summed E-state index contributed by atoms with van der Waals surface area (Å²) in [7, 11) is 1.38. The molecule has 0 saturated carbocycles. The Labute approximate surface area is 140 Å². The van der Waals surface area contributed by atoms with E-state index < -0.39 is 6.03 Å². The number of aryl methyl sites for hydroxylation is 1. The number of para-hydroxylation sites is 1. The fourth-order valence-corrected chi connectivity index (χ4v) is 2.05. The van der Waals surface area contributed by atoms with Gasteiger partial charge in [-0.15, -0.1) is 0 Å². The summed E-state index contributed by atoms with van der Waals surface area (Å²) >= 11 is 0. The minimum absolute atomic E-state index is 0.220. The van der Waals surface area contributed by atoms with Crippen LogP contribution in [0.1, 0.15) is 16.7 Å². The summed E-state index contributed by atoms with van der Waals surface area (Å²) < 4.78 is 5.86. The van der Waals surface area contributed by atoms with Gasteiger partial charge in [-0.3, -0.25) is 5.32 Å². The molecule has 2 aromatic rings. The summed E-state index contributed by atoms with van der Waals surface area (Å²) in [5.41, 5.74) is 9.40. The molecule has 2 N–H and O–H groups in total. The van der Waals surface area contributed by atoms with Crippen molar-refractivity contribution in [2.75, 3.05) is 12.4 Å². The fourth-order valence-electron chi connectivity index (χ4n) is 2.05. The molecule has 0 saturated heterocycles. The van der Waals surface area contributed by atoms with Crippen molar-refractivity contribution in [3.05, 3.63) is 59.8 Å². The van der Waals surface area contributed by atoms with Gasteiger partial charge in [0.1, 0.15) is 18.2 Å². The van der Waals surface area contributed by atoms with Crippen molar-refractivity contribution in [2.24, 2.45) is 5.22 Å². The second kappa shape index (κ2) is 7.87. The van der Waals surface area contributed by atoms with Crippen molar-refractivity contribution in [3.8, 4) is 5.75 Å². The molecule has 1 aromatic heterocycles. The number of hydrogen-bond donors (Lipinski definition) is 2. The molecule has 7 heteroatoms. The highest BCUT2D eigenvalue weighted by molar-refractivity contribution is 5.89. The molecule has 0 aliphatic heterocycles. The molecular weight excluding hydrogens is 306 g/mol. The van der Waals surface area contributed by atoms with E-state index in [1.165, 1.54) is 7.05 Å². The van der Waals surface area contributed by atoms with Gasteiger partial charge in [-0.2, -0.15) is 10.5 Å². The maximum Gasteiger partial charge on any atom is 0.344 e. The van der Waals surface area contributed by atoms with E-state index in [2.05, 4.69) is 22.1 Å². The molecule has 24 heavy (non-hydrogen) atoms. The Morgan fingerprint density at radius 2 is 2.21 bits per heavy atom. The summed E-state index contributed by atoms with van der Waals surface area (Å²) in [5, 5.41) is 6.54. The number of aromatic nitrogens is 1. The Balaban J connectivity index is 2.26. The van der Waals surface area contributed by atoms with Crippen LogP contribution in [0, 0.1) is 12.5 Å². The van der Waals surface area contributed by atoms with Gasteiger partial charge in [0.15, 0.2) is 0 Å². The summed E-state index contributed by atoms with van der Waals surface area (Å²) in [6.45, 7) is 5.96. The molecule has 0 spiro atoms. The predicted octanol–water partition coefficient (Wildman–Crippen LogP) is 4.02. The number of pyridine rings is 1. The SMILES string of the molecule is C=Cc1ccnc(NC(=O)N(C)N=N)c1COc1ccccc1C. The lowest BCUT2D eigenvalue weighted by atomic mass is 10.1. The number of benzene rings is 1. The van der Waals surface area contributed by atoms with Gasteiger partial charge < -0.3 is 4.74 Å². The fraction of sp³-hybridized carbons (Fsp3) is 0.176. The molecule has 1 aromatic carbocycles. The minimum atomic E-state index is -0.559. The summed E-state index contributed by atoms with van der Waals surface area (Å²) in [4.78, 5) is 16.1. The highest BCUT2D eigenvalue weighted by Gasteiger charge is 2.14. The Hall–Kier alpha value is -3.22. The first-order valence-corrected chi connectivity index (χ1v) is 7.27. The van der Waals surface area contributed by atoms with Gasteiger partial charge in [-0.1, -0.05) is 36.1 Å². The highest BCUT2D eigenvalue weighted by atomic mass is 16.5. The highest BCUT2D eigenvalue weighted by Crippen LogP contribution is 2.23. The van der Waals surface area contributed by atoms with Gasteiger partial charge in [0.25, 0.3) is 0 Å². The van der Waals surface area contributed by atoms with E-state index in [-0.39, 0.29) is 6.61 Å². The largest absolute Gasteiger partial charge is 0.488 e. The van der Waals surface area contributed by atoms with E-state index in [0.717, 1.165) is 21.9 Å². The third-order valence-electron chi connectivity index (χ3n) is 3.45. The Morgan fingerprint density at radius 3 is 2.88 bits per heavy atom. The maximum absolute atomic E-state index is 11.9. The van der Waals surface area contributed by atoms with Crippen LogP contribution in [0.5, 0.6) is 5.75 Å². The quantitative estimate of drug-likeness (QED) is 0.620. The first kappa shape index (κ1) is 17.1. The molecule has 2 rings (SSSR count). The van der Waals surface area contributed by atoms with Gasteiger partial charge >= 0.3 is 6.03 Å². The average Bonchev–Trinajstić information content (AvgIpc) is 2.60. The van der Waals surface area contributed by atoms with Crippen LogP contribution in [0.2, 0.25) is 0 Å². The van der Waals surface area contributed by atoms with Crippen LogP contribution >= 0.6 is 0 Å². The Kier molecular flexibility index (Phi) is 5.62. The molecule has 0 radical (unpaired) electrons. The van der Waals surface area contributed by atoms with Crippen LogP contribution in [0.3, 0.4) is 0 Å². The second-order valence-electron chi connectivity index (χ2n) is 5.04. The molecule has 0 aliphatic rings. The van der Waals surface area contributed by atoms with E-state index in [1.54, 1.807) is 18.3 Å². The zero-order valence-corrected chi connectivity index (χ0v) is 13.6. The summed E-state index contributed by atoms with van der Waals surface area (Å²) in [5.74, 6) is 1.11. The van der Waals surface area contributed by atoms with Crippen LogP contribution in [0.15, 0.2) is 48.3 Å². The van der Waals surface area contributed by atoms with Crippen molar-refractivity contribution < 1.29 is 9.53 Å². The summed E-state index contributed by atoms with van der Waals surface area (Å²) in [6, 6.07) is 8.90. The van der Waals surface area contributed by atoms with Crippen molar-refractivity contribution in [2.45, 2.75) is 13.5 Å². The van der Waals surface area contributed by atoms with E-state index in [4.69, 9.17) is 10.3 Å². The smallest absolute Gasteiger partial charge is 0.344 e. The lowest BCUT2D eigenvalue weighted by Gasteiger charge is -2.16. The van der Waals surface area contributed by atoms with Gasteiger partial charge in [0.05, 0.1) is 0 Å². The molecule has 124 valence electrons. The third kappa shape index (κ3) is 3.95. The first-order valence-electron chi connectivity index (χ1n) is 7.27. The van der Waals surface area contributed by atoms with E-state index in [1.807, 2.05) is 31.2 Å². The molecular formula is C17H19N5O2. The predicted molar refractivity (Wildman–Crippen MR) is 91.8 cm³/mol. The number of ether oxygens (including phenoxy) is 1. The van der Waals surface area contributed by atoms with Crippen LogP contribution in [0.4, 0.5) is 10.6 Å². The molecule has 2 amide bonds. The second-order valence-corrected chi connectivity index (χ2v) is 5.04.